The lowest BCUT2D eigenvalue weighted by molar-refractivity contribution is -0.130. The lowest BCUT2D eigenvalue weighted by Gasteiger charge is -2.31. The molecule has 3 aromatic rings. The number of benzene rings is 1. The molecular formula is C22H26N6O4. The maximum atomic E-state index is 11.9. The smallest absolute Gasteiger partial charge is 0.409 e. The first-order valence-corrected chi connectivity index (χ1v) is 10.4. The number of ether oxygens (including phenoxy) is 1. The maximum Gasteiger partial charge on any atom is 0.409 e. The number of aromatic nitrogens is 3. The van der Waals surface area contributed by atoms with Crippen LogP contribution in [0.1, 0.15) is 30.3 Å². The summed E-state index contributed by atoms with van der Waals surface area (Å²) in [6, 6.07) is 5.25. The van der Waals surface area contributed by atoms with Crippen molar-refractivity contribution in [2.75, 3.05) is 32.1 Å². The van der Waals surface area contributed by atoms with Crippen molar-refractivity contribution in [2.45, 2.75) is 25.7 Å². The zero-order valence-corrected chi connectivity index (χ0v) is 18.0. The number of nitrogens with zero attached hydrogens (tertiary/aromatic N) is 4. The van der Waals surface area contributed by atoms with E-state index in [-0.39, 0.29) is 18.4 Å². The highest BCUT2D eigenvalue weighted by atomic mass is 16.5. The Bertz CT molecular complexity index is 1170. The molecule has 32 heavy (non-hydrogen) atoms. The minimum Gasteiger partial charge on any atom is -0.495 e. The number of likely N-dealkylation sites (tertiary alicyclic amines) is 1. The predicted octanol–water partition coefficient (Wildman–Crippen LogP) is 2.47. The molecule has 4 rings (SSSR count). The van der Waals surface area contributed by atoms with Gasteiger partial charge in [0.2, 0.25) is 5.91 Å². The largest absolute Gasteiger partial charge is 0.495 e. The van der Waals surface area contributed by atoms with Gasteiger partial charge in [-0.25, -0.2) is 9.78 Å². The summed E-state index contributed by atoms with van der Waals surface area (Å²) in [7, 11) is 1.49. The molecule has 1 aromatic carbocycles. The van der Waals surface area contributed by atoms with Crippen LogP contribution in [0.5, 0.6) is 5.75 Å². The van der Waals surface area contributed by atoms with E-state index in [0.29, 0.717) is 24.5 Å². The number of carboxylic acid groups (broad SMARTS) is 1. The van der Waals surface area contributed by atoms with E-state index in [4.69, 9.17) is 20.6 Å². The fourth-order valence-corrected chi connectivity index (χ4v) is 4.28. The average molecular weight is 438 g/mol. The van der Waals surface area contributed by atoms with Crippen molar-refractivity contribution in [2.24, 2.45) is 5.73 Å². The van der Waals surface area contributed by atoms with Gasteiger partial charge < -0.3 is 20.5 Å². The lowest BCUT2D eigenvalue weighted by atomic mass is 9.96. The third-order valence-electron chi connectivity index (χ3n) is 5.87. The molecule has 0 spiro atoms. The second-order valence-corrected chi connectivity index (χ2v) is 7.75. The number of amides is 2. The van der Waals surface area contributed by atoms with Crippen molar-refractivity contribution in [3.63, 3.8) is 0 Å². The fourth-order valence-electron chi connectivity index (χ4n) is 4.28. The van der Waals surface area contributed by atoms with Crippen LogP contribution in [0.2, 0.25) is 0 Å². The van der Waals surface area contributed by atoms with E-state index in [1.54, 1.807) is 23.2 Å². The molecule has 1 aliphatic heterocycles. The molecule has 2 amide bonds. The summed E-state index contributed by atoms with van der Waals surface area (Å²) in [5.41, 5.74) is 9.15. The van der Waals surface area contributed by atoms with E-state index in [9.17, 15) is 9.59 Å². The number of carbonyl (C=O) groups excluding carboxylic acids is 1. The summed E-state index contributed by atoms with van der Waals surface area (Å²) < 4.78 is 7.46. The molecule has 168 valence electrons. The van der Waals surface area contributed by atoms with Crippen LogP contribution in [0.4, 0.5) is 10.5 Å². The van der Waals surface area contributed by atoms with Crippen LogP contribution in [-0.2, 0) is 4.79 Å². The molecule has 0 atom stereocenters. The van der Waals surface area contributed by atoms with E-state index < -0.39 is 6.09 Å². The number of nitrogens with two attached hydrogens (primary N) is 1. The predicted molar refractivity (Wildman–Crippen MR) is 119 cm³/mol. The first-order valence-electron chi connectivity index (χ1n) is 10.4. The third kappa shape index (κ3) is 3.96. The van der Waals surface area contributed by atoms with Gasteiger partial charge in [-0.05, 0) is 31.9 Å². The molecule has 3 heterocycles. The number of hydrogen-bond donors (Lipinski definition) is 3. The first kappa shape index (κ1) is 21.6. The molecule has 0 radical (unpaired) electrons. The molecular weight excluding hydrogens is 412 g/mol. The van der Waals surface area contributed by atoms with Crippen LogP contribution < -0.4 is 15.8 Å². The molecule has 10 heteroatoms. The average Bonchev–Trinajstić information content (AvgIpc) is 3.19. The Kier molecular flexibility index (Phi) is 5.95. The van der Waals surface area contributed by atoms with Crippen molar-refractivity contribution in [1.82, 2.24) is 19.3 Å². The van der Waals surface area contributed by atoms with Gasteiger partial charge in [-0.2, -0.15) is 0 Å². The van der Waals surface area contributed by atoms with Gasteiger partial charge in [0.15, 0.2) is 0 Å². The molecule has 2 aromatic heterocycles. The zero-order chi connectivity index (χ0) is 22.8. The van der Waals surface area contributed by atoms with Gasteiger partial charge in [0.1, 0.15) is 11.6 Å². The van der Waals surface area contributed by atoms with Crippen LogP contribution >= 0.6 is 0 Å². The van der Waals surface area contributed by atoms with E-state index in [1.807, 2.05) is 19.2 Å². The lowest BCUT2D eigenvalue weighted by Crippen LogP contribution is -2.41. The number of nitrogens with one attached hydrogen (secondary N) is 1. The fraction of sp³-hybridized carbons (Fsp3) is 0.364. The van der Waals surface area contributed by atoms with Crippen molar-refractivity contribution >= 4 is 23.2 Å². The Morgan fingerprint density at radius 3 is 2.72 bits per heavy atom. The second-order valence-electron chi connectivity index (χ2n) is 7.75. The highest BCUT2D eigenvalue weighted by molar-refractivity contribution is 5.88. The normalized spacial score (nSPS) is 14.5. The number of anilines is 1. The quantitative estimate of drug-likeness (QED) is 0.557. The number of imidazole rings is 1. The Labute approximate surface area is 185 Å². The van der Waals surface area contributed by atoms with Gasteiger partial charge in [-0.3, -0.25) is 19.5 Å². The van der Waals surface area contributed by atoms with Crippen molar-refractivity contribution in [3.8, 4) is 17.0 Å². The first-order chi connectivity index (χ1) is 15.4. The van der Waals surface area contributed by atoms with Crippen molar-refractivity contribution in [1.29, 1.82) is 0 Å². The Balaban J connectivity index is 1.74. The summed E-state index contributed by atoms with van der Waals surface area (Å²) in [6.45, 7) is 3.27. The van der Waals surface area contributed by atoms with E-state index in [2.05, 4.69) is 14.7 Å². The SMILES string of the molecule is COc1cc(-c2nc(C3CCN(C(=O)CN)CC3)n3ccnc(C)c23)ccc1NC(=O)O. The maximum absolute atomic E-state index is 11.9. The van der Waals surface area contributed by atoms with Crippen molar-refractivity contribution in [3.05, 3.63) is 42.1 Å². The summed E-state index contributed by atoms with van der Waals surface area (Å²) in [6.07, 6.45) is 4.10. The minimum atomic E-state index is -1.16. The number of methoxy groups -OCH3 is 1. The molecule has 0 saturated carbocycles. The number of piperidine rings is 1. The second kappa shape index (κ2) is 8.83. The van der Waals surface area contributed by atoms with Gasteiger partial charge in [0.25, 0.3) is 0 Å². The van der Waals surface area contributed by atoms with Crippen LogP contribution in [0.25, 0.3) is 16.8 Å². The zero-order valence-electron chi connectivity index (χ0n) is 18.0. The molecule has 4 N–H and O–H groups in total. The Hall–Kier alpha value is -3.66. The summed E-state index contributed by atoms with van der Waals surface area (Å²) in [5.74, 6) is 1.49. The van der Waals surface area contributed by atoms with E-state index >= 15 is 0 Å². The highest BCUT2D eigenvalue weighted by Gasteiger charge is 2.28. The number of carbonyl (C=O) groups is 2. The van der Waals surface area contributed by atoms with Crippen LogP contribution in [0.15, 0.2) is 30.6 Å². The van der Waals surface area contributed by atoms with Crippen LogP contribution in [0.3, 0.4) is 0 Å². The van der Waals surface area contributed by atoms with Crippen LogP contribution in [-0.4, -0.2) is 63.1 Å². The molecule has 10 nitrogen and oxygen atoms in total. The van der Waals surface area contributed by atoms with Gasteiger partial charge >= 0.3 is 6.09 Å². The minimum absolute atomic E-state index is 0.0283. The monoisotopic (exact) mass is 438 g/mol. The summed E-state index contributed by atoms with van der Waals surface area (Å²) >= 11 is 0. The van der Waals surface area contributed by atoms with Crippen LogP contribution in [0, 0.1) is 6.92 Å². The number of hydrogen-bond acceptors (Lipinski definition) is 6. The standard InChI is InChI=1S/C22H26N6O4/c1-13-20-19(15-3-4-16(25-22(30)31)17(11-15)32-2)26-21(28(20)10-7-24-13)14-5-8-27(9-6-14)18(29)12-23/h3-4,7,10-11,14,25H,5-6,8-9,12,23H2,1-2H3,(H,30,31). The number of rotatable bonds is 5. The molecule has 1 aliphatic rings. The summed E-state index contributed by atoms with van der Waals surface area (Å²) in [5, 5.41) is 11.4. The van der Waals surface area contributed by atoms with Gasteiger partial charge in [-0.1, -0.05) is 6.07 Å². The molecule has 0 aliphatic carbocycles. The molecule has 0 unspecified atom stereocenters. The van der Waals surface area contributed by atoms with Gasteiger partial charge in [0.05, 0.1) is 36.2 Å². The number of aryl methyl sites for hydroxylation is 1. The molecule has 1 saturated heterocycles. The highest BCUT2D eigenvalue weighted by Crippen LogP contribution is 2.36. The van der Waals surface area contributed by atoms with Crippen molar-refractivity contribution < 1.29 is 19.4 Å². The number of fused-ring (bicyclic) bond motifs is 1. The Morgan fingerprint density at radius 1 is 1.31 bits per heavy atom. The van der Waals surface area contributed by atoms with E-state index in [0.717, 1.165) is 41.1 Å². The molecule has 1 fully saturated rings. The summed E-state index contributed by atoms with van der Waals surface area (Å²) in [4.78, 5) is 34.2. The van der Waals surface area contributed by atoms with E-state index in [1.165, 1.54) is 7.11 Å². The molecule has 0 bridgehead atoms. The van der Waals surface area contributed by atoms with Gasteiger partial charge in [-0.15, -0.1) is 0 Å². The Morgan fingerprint density at radius 2 is 2.06 bits per heavy atom. The third-order valence-corrected chi connectivity index (χ3v) is 5.87. The van der Waals surface area contributed by atoms with Gasteiger partial charge in [0, 0.05) is 37.0 Å². The topological polar surface area (TPSA) is 135 Å².